The van der Waals surface area contributed by atoms with Gasteiger partial charge in [0.15, 0.2) is 4.90 Å². The van der Waals surface area contributed by atoms with Crippen molar-refractivity contribution in [2.24, 2.45) is 0 Å². The number of hydrogen-bond donors (Lipinski definition) is 2. The summed E-state index contributed by atoms with van der Waals surface area (Å²) in [4.78, 5) is 9.85. The van der Waals surface area contributed by atoms with Crippen molar-refractivity contribution < 1.29 is 13.3 Å². The number of thioether (sulfide) groups is 1. The third kappa shape index (κ3) is 4.08. The van der Waals surface area contributed by atoms with Crippen molar-refractivity contribution in [3.05, 3.63) is 28.3 Å². The van der Waals surface area contributed by atoms with Gasteiger partial charge in [0, 0.05) is 31.1 Å². The van der Waals surface area contributed by atoms with Gasteiger partial charge in [-0.3, -0.25) is 10.1 Å². The van der Waals surface area contributed by atoms with Crippen LogP contribution < -0.4 is 10.0 Å². The van der Waals surface area contributed by atoms with Crippen LogP contribution in [0.5, 0.6) is 0 Å². The van der Waals surface area contributed by atoms with Crippen molar-refractivity contribution in [1.29, 1.82) is 0 Å². The van der Waals surface area contributed by atoms with Gasteiger partial charge in [0.05, 0.1) is 4.92 Å². The number of nitro benzene ring substituents is 1. The molecule has 0 unspecified atom stereocenters. The fourth-order valence-electron chi connectivity index (χ4n) is 1.39. The van der Waals surface area contributed by atoms with Crippen LogP contribution in [0.4, 0.5) is 11.4 Å². The van der Waals surface area contributed by atoms with Gasteiger partial charge in [-0.15, -0.1) is 0 Å². The highest BCUT2D eigenvalue weighted by Gasteiger charge is 2.25. The first-order valence-electron chi connectivity index (χ1n) is 5.37. The Balaban J connectivity index is 3.18. The Kier molecular flexibility index (Phi) is 5.58. The number of hydrogen-bond acceptors (Lipinski definition) is 6. The second-order valence-electron chi connectivity index (χ2n) is 3.58. The van der Waals surface area contributed by atoms with E-state index in [2.05, 4.69) is 10.0 Å². The first-order valence-corrected chi connectivity index (χ1v) is 8.25. The molecule has 0 bridgehead atoms. The normalized spacial score (nSPS) is 11.3. The lowest BCUT2D eigenvalue weighted by Crippen LogP contribution is -2.26. The average Bonchev–Trinajstić information content (AvgIpc) is 2.38. The number of nitrogens with one attached hydrogen (secondary N) is 2. The molecule has 0 saturated carbocycles. The van der Waals surface area contributed by atoms with Crippen molar-refractivity contribution in [2.75, 3.05) is 30.9 Å². The molecule has 0 aliphatic heterocycles. The molecule has 7 nitrogen and oxygen atoms in total. The van der Waals surface area contributed by atoms with E-state index in [1.165, 1.54) is 30.0 Å². The minimum absolute atomic E-state index is 0.227. The SMILES string of the molecule is CNc1ccc([N+](=O)[O-])c(S(=O)(=O)NCCSC)c1. The quantitative estimate of drug-likeness (QED) is 0.447. The second-order valence-corrected chi connectivity index (χ2v) is 6.30. The molecule has 1 aromatic rings. The number of nitrogens with zero attached hydrogens (tertiary/aromatic N) is 1. The molecule has 9 heteroatoms. The molecule has 1 aromatic carbocycles. The first-order chi connectivity index (χ1) is 8.92. The molecule has 19 heavy (non-hydrogen) atoms. The van der Waals surface area contributed by atoms with Crippen LogP contribution in [0, 0.1) is 10.1 Å². The summed E-state index contributed by atoms with van der Waals surface area (Å²) in [6.07, 6.45) is 1.85. The Morgan fingerprint density at radius 3 is 2.63 bits per heavy atom. The van der Waals surface area contributed by atoms with Crippen molar-refractivity contribution in [2.45, 2.75) is 4.90 Å². The Morgan fingerprint density at radius 2 is 2.11 bits per heavy atom. The molecule has 1 rings (SSSR count). The van der Waals surface area contributed by atoms with Gasteiger partial charge in [-0.05, 0) is 18.4 Å². The Bertz CT molecular complexity index is 560. The van der Waals surface area contributed by atoms with Gasteiger partial charge in [-0.1, -0.05) is 0 Å². The van der Waals surface area contributed by atoms with Crippen LogP contribution in [0.25, 0.3) is 0 Å². The maximum absolute atomic E-state index is 12.0. The zero-order valence-electron chi connectivity index (χ0n) is 10.5. The van der Waals surface area contributed by atoms with Crippen LogP contribution in [-0.4, -0.2) is 38.9 Å². The van der Waals surface area contributed by atoms with Crippen LogP contribution in [0.15, 0.2) is 23.1 Å². The molecule has 0 spiro atoms. The number of anilines is 1. The topological polar surface area (TPSA) is 101 Å². The molecule has 0 atom stereocenters. The fraction of sp³-hybridized carbons (Fsp3) is 0.400. The summed E-state index contributed by atoms with van der Waals surface area (Å²) in [5.74, 6) is 0.596. The predicted molar refractivity (Wildman–Crippen MR) is 76.2 cm³/mol. The zero-order chi connectivity index (χ0) is 14.5. The van der Waals surface area contributed by atoms with Gasteiger partial charge in [0.1, 0.15) is 0 Å². The maximum Gasteiger partial charge on any atom is 0.289 e. The van der Waals surface area contributed by atoms with Gasteiger partial charge in [-0.2, -0.15) is 11.8 Å². The van der Waals surface area contributed by atoms with Crippen molar-refractivity contribution >= 4 is 33.2 Å². The van der Waals surface area contributed by atoms with E-state index in [1.54, 1.807) is 7.05 Å². The van der Waals surface area contributed by atoms with Gasteiger partial charge in [0.2, 0.25) is 10.0 Å². The summed E-state index contributed by atoms with van der Waals surface area (Å²) in [5, 5.41) is 13.6. The molecule has 0 saturated heterocycles. The summed E-state index contributed by atoms with van der Waals surface area (Å²) in [6.45, 7) is 0.227. The third-order valence-electron chi connectivity index (χ3n) is 2.33. The largest absolute Gasteiger partial charge is 0.388 e. The molecular weight excluding hydrogens is 290 g/mol. The van der Waals surface area contributed by atoms with Crippen LogP contribution >= 0.6 is 11.8 Å². The third-order valence-corrected chi connectivity index (χ3v) is 4.44. The smallest absolute Gasteiger partial charge is 0.289 e. The molecule has 0 amide bonds. The van der Waals surface area contributed by atoms with Crippen LogP contribution in [0.3, 0.4) is 0 Å². The lowest BCUT2D eigenvalue weighted by Gasteiger charge is -2.08. The van der Waals surface area contributed by atoms with E-state index in [4.69, 9.17) is 0 Å². The van der Waals surface area contributed by atoms with E-state index in [1.807, 2.05) is 6.26 Å². The number of rotatable bonds is 7. The summed E-state index contributed by atoms with van der Waals surface area (Å²) in [7, 11) is -2.28. The van der Waals surface area contributed by atoms with E-state index >= 15 is 0 Å². The second kappa shape index (κ2) is 6.73. The summed E-state index contributed by atoms with van der Waals surface area (Å²) in [5.41, 5.74) is 0.0616. The lowest BCUT2D eigenvalue weighted by atomic mass is 10.3. The van der Waals surface area contributed by atoms with Crippen LogP contribution in [0.1, 0.15) is 0 Å². The van der Waals surface area contributed by atoms with E-state index in [9.17, 15) is 18.5 Å². The average molecular weight is 305 g/mol. The van der Waals surface area contributed by atoms with Gasteiger partial charge >= 0.3 is 0 Å². The molecule has 0 aliphatic carbocycles. The minimum atomic E-state index is -3.89. The molecule has 0 fully saturated rings. The van der Waals surface area contributed by atoms with Crippen molar-refractivity contribution in [3.63, 3.8) is 0 Å². The highest BCUT2D eigenvalue weighted by atomic mass is 32.2. The number of sulfonamides is 1. The van der Waals surface area contributed by atoms with Crippen LogP contribution in [0.2, 0.25) is 0 Å². The Labute approximate surface area is 116 Å². The number of benzene rings is 1. The Hall–Kier alpha value is -1.32. The molecule has 0 aromatic heterocycles. The van der Waals surface area contributed by atoms with E-state index in [0.29, 0.717) is 11.4 Å². The van der Waals surface area contributed by atoms with Crippen molar-refractivity contribution in [3.8, 4) is 0 Å². The maximum atomic E-state index is 12.0. The molecule has 0 radical (unpaired) electrons. The van der Waals surface area contributed by atoms with Crippen molar-refractivity contribution in [1.82, 2.24) is 4.72 Å². The van der Waals surface area contributed by atoms with Crippen LogP contribution in [-0.2, 0) is 10.0 Å². The highest BCUT2D eigenvalue weighted by Crippen LogP contribution is 2.26. The van der Waals surface area contributed by atoms with Gasteiger partial charge in [0.25, 0.3) is 5.69 Å². The molecular formula is C10H15N3O4S2. The predicted octanol–water partition coefficient (Wildman–Crippen LogP) is 1.28. The number of nitro groups is 1. The fourth-order valence-corrected chi connectivity index (χ4v) is 3.05. The lowest BCUT2D eigenvalue weighted by molar-refractivity contribution is -0.387. The molecule has 2 N–H and O–H groups in total. The first kappa shape index (κ1) is 15.7. The zero-order valence-corrected chi connectivity index (χ0v) is 12.2. The standard InChI is InChI=1S/C10H15N3O4S2/c1-11-8-3-4-9(13(14)15)10(7-8)19(16,17)12-5-6-18-2/h3-4,7,11-12H,5-6H2,1-2H3. The minimum Gasteiger partial charge on any atom is -0.388 e. The molecule has 0 aliphatic rings. The molecule has 106 valence electrons. The molecule has 0 heterocycles. The van der Waals surface area contributed by atoms with Gasteiger partial charge < -0.3 is 5.32 Å². The van der Waals surface area contributed by atoms with Gasteiger partial charge in [-0.25, -0.2) is 13.1 Å². The highest BCUT2D eigenvalue weighted by molar-refractivity contribution is 7.98. The summed E-state index contributed by atoms with van der Waals surface area (Å²) in [6, 6.07) is 3.88. The summed E-state index contributed by atoms with van der Waals surface area (Å²) >= 11 is 1.48. The Morgan fingerprint density at radius 1 is 1.42 bits per heavy atom. The van der Waals surface area contributed by atoms with E-state index in [-0.39, 0.29) is 11.4 Å². The monoisotopic (exact) mass is 305 g/mol. The van der Waals surface area contributed by atoms with E-state index < -0.39 is 20.6 Å². The summed E-state index contributed by atoms with van der Waals surface area (Å²) < 4.78 is 26.4. The van der Waals surface area contributed by atoms with E-state index in [0.717, 1.165) is 0 Å².